The van der Waals surface area contributed by atoms with Crippen molar-refractivity contribution in [2.24, 2.45) is 5.92 Å². The van der Waals surface area contributed by atoms with E-state index in [4.69, 9.17) is 14.6 Å². The fraction of sp³-hybridized carbons (Fsp3) is 0.867. The summed E-state index contributed by atoms with van der Waals surface area (Å²) in [6.45, 7) is 4.04. The molecule has 6 nitrogen and oxygen atoms in total. The Morgan fingerprint density at radius 3 is 2.57 bits per heavy atom. The van der Waals surface area contributed by atoms with Gasteiger partial charge in [0.15, 0.2) is 6.10 Å². The third-order valence-corrected chi connectivity index (χ3v) is 3.93. The van der Waals surface area contributed by atoms with Gasteiger partial charge < -0.3 is 19.9 Å². The molecule has 0 spiro atoms. The predicted molar refractivity (Wildman–Crippen MR) is 78.0 cm³/mol. The van der Waals surface area contributed by atoms with E-state index in [1.165, 1.54) is 13.5 Å². The molecule has 6 heteroatoms. The van der Waals surface area contributed by atoms with Crippen LogP contribution in [-0.4, -0.2) is 48.9 Å². The minimum absolute atomic E-state index is 0.0500. The summed E-state index contributed by atoms with van der Waals surface area (Å²) in [7, 11) is 1.31. The van der Waals surface area contributed by atoms with Crippen LogP contribution in [-0.2, 0) is 19.1 Å². The van der Waals surface area contributed by atoms with Gasteiger partial charge in [0.2, 0.25) is 5.91 Å². The Labute approximate surface area is 126 Å². The summed E-state index contributed by atoms with van der Waals surface area (Å²) in [5.41, 5.74) is 0. The molecule has 0 radical (unpaired) electrons. The normalized spacial score (nSPS) is 25.1. The van der Waals surface area contributed by atoms with Gasteiger partial charge in [0.1, 0.15) is 6.10 Å². The highest BCUT2D eigenvalue weighted by molar-refractivity contribution is 5.81. The Morgan fingerprint density at radius 1 is 1.33 bits per heavy atom. The number of nitrogens with one attached hydrogen (secondary N) is 1. The van der Waals surface area contributed by atoms with E-state index in [2.05, 4.69) is 12.2 Å². The smallest absolute Gasteiger partial charge is 0.334 e. The molecule has 0 saturated heterocycles. The zero-order valence-electron chi connectivity index (χ0n) is 13.1. The van der Waals surface area contributed by atoms with Crippen LogP contribution in [0.3, 0.4) is 0 Å². The van der Waals surface area contributed by atoms with Crippen LogP contribution in [0.25, 0.3) is 0 Å². The molecule has 0 aliphatic heterocycles. The number of aliphatic carboxylic acids is 1. The van der Waals surface area contributed by atoms with Crippen molar-refractivity contribution < 1.29 is 24.2 Å². The molecule has 0 aromatic carbocycles. The van der Waals surface area contributed by atoms with Gasteiger partial charge in [0.25, 0.3) is 0 Å². The number of carboxylic acid groups (broad SMARTS) is 1. The van der Waals surface area contributed by atoms with E-state index in [9.17, 15) is 9.59 Å². The fourth-order valence-electron chi connectivity index (χ4n) is 2.66. The monoisotopic (exact) mass is 301 g/mol. The van der Waals surface area contributed by atoms with Gasteiger partial charge in [-0.05, 0) is 25.2 Å². The summed E-state index contributed by atoms with van der Waals surface area (Å²) in [6.07, 6.45) is 3.48. The van der Waals surface area contributed by atoms with E-state index in [0.29, 0.717) is 12.3 Å². The van der Waals surface area contributed by atoms with Crippen molar-refractivity contribution in [3.63, 3.8) is 0 Å². The van der Waals surface area contributed by atoms with E-state index in [0.717, 1.165) is 19.3 Å². The highest BCUT2D eigenvalue weighted by atomic mass is 16.5. The summed E-state index contributed by atoms with van der Waals surface area (Å²) < 4.78 is 10.7. The lowest BCUT2D eigenvalue weighted by molar-refractivity contribution is -0.149. The van der Waals surface area contributed by atoms with Crippen LogP contribution in [0.2, 0.25) is 0 Å². The molecule has 4 atom stereocenters. The topological polar surface area (TPSA) is 84.9 Å². The van der Waals surface area contributed by atoms with Crippen molar-refractivity contribution in [1.82, 2.24) is 5.32 Å². The highest BCUT2D eigenvalue weighted by Crippen LogP contribution is 2.26. The molecule has 1 amide bonds. The van der Waals surface area contributed by atoms with Gasteiger partial charge in [0.05, 0.1) is 12.6 Å². The molecular weight excluding hydrogens is 274 g/mol. The van der Waals surface area contributed by atoms with E-state index in [1.807, 2.05) is 6.92 Å². The second-order valence-corrected chi connectivity index (χ2v) is 5.73. The Kier molecular flexibility index (Phi) is 7.67. The van der Waals surface area contributed by atoms with Crippen LogP contribution in [0, 0.1) is 5.92 Å². The van der Waals surface area contributed by atoms with Crippen LogP contribution >= 0.6 is 0 Å². The lowest BCUT2D eigenvalue weighted by Gasteiger charge is -2.30. The summed E-state index contributed by atoms with van der Waals surface area (Å²) >= 11 is 0. The maximum absolute atomic E-state index is 12.1. The summed E-state index contributed by atoms with van der Waals surface area (Å²) in [5, 5.41) is 11.5. The number of carbonyl (C=O) groups is 2. The standard InChI is InChI=1S/C15H27NO5/c1-4-12(21-11-7-5-6-10(2)8-11)14(17)16-9-13(20-3)15(18)19/h10-13H,4-9H2,1-3H3,(H,16,17)(H,18,19). The molecule has 2 N–H and O–H groups in total. The number of hydrogen-bond acceptors (Lipinski definition) is 4. The number of ether oxygens (including phenoxy) is 2. The van der Waals surface area contributed by atoms with E-state index in [1.54, 1.807) is 0 Å². The van der Waals surface area contributed by atoms with Crippen molar-refractivity contribution >= 4 is 11.9 Å². The third kappa shape index (κ3) is 6.01. The number of methoxy groups -OCH3 is 1. The molecule has 0 aromatic heterocycles. The molecule has 4 unspecified atom stereocenters. The van der Waals surface area contributed by atoms with Crippen LogP contribution < -0.4 is 5.32 Å². The Morgan fingerprint density at radius 2 is 2.05 bits per heavy atom. The van der Waals surface area contributed by atoms with Crippen molar-refractivity contribution in [2.45, 2.75) is 64.3 Å². The lowest BCUT2D eigenvalue weighted by Crippen LogP contribution is -2.44. The van der Waals surface area contributed by atoms with Crippen molar-refractivity contribution in [2.75, 3.05) is 13.7 Å². The zero-order valence-corrected chi connectivity index (χ0v) is 13.1. The first-order valence-corrected chi connectivity index (χ1v) is 7.66. The summed E-state index contributed by atoms with van der Waals surface area (Å²) in [6, 6.07) is 0. The van der Waals surface area contributed by atoms with E-state index < -0.39 is 18.2 Å². The van der Waals surface area contributed by atoms with Crippen molar-refractivity contribution in [3.05, 3.63) is 0 Å². The van der Waals surface area contributed by atoms with Crippen LogP contribution in [0.15, 0.2) is 0 Å². The number of rotatable bonds is 8. The predicted octanol–water partition coefficient (Wildman–Crippen LogP) is 1.58. The summed E-state index contributed by atoms with van der Waals surface area (Å²) in [4.78, 5) is 22.9. The molecule has 21 heavy (non-hydrogen) atoms. The quantitative estimate of drug-likeness (QED) is 0.711. The first-order chi connectivity index (χ1) is 9.97. The molecular formula is C15H27NO5. The van der Waals surface area contributed by atoms with Gasteiger partial charge in [-0.15, -0.1) is 0 Å². The minimum atomic E-state index is -1.09. The lowest BCUT2D eigenvalue weighted by atomic mass is 9.88. The molecule has 1 fully saturated rings. The second kappa shape index (κ2) is 9.00. The van der Waals surface area contributed by atoms with Crippen LogP contribution in [0.4, 0.5) is 0 Å². The van der Waals surface area contributed by atoms with Crippen molar-refractivity contribution in [1.29, 1.82) is 0 Å². The molecule has 0 bridgehead atoms. The number of amides is 1. The van der Waals surface area contributed by atoms with Crippen LogP contribution in [0.5, 0.6) is 0 Å². The van der Waals surface area contributed by atoms with Crippen molar-refractivity contribution in [3.8, 4) is 0 Å². The average molecular weight is 301 g/mol. The second-order valence-electron chi connectivity index (χ2n) is 5.73. The van der Waals surface area contributed by atoms with Gasteiger partial charge >= 0.3 is 5.97 Å². The van der Waals surface area contributed by atoms with Gasteiger partial charge in [-0.2, -0.15) is 0 Å². The molecule has 0 aromatic rings. The average Bonchev–Trinajstić information content (AvgIpc) is 2.44. The van der Waals surface area contributed by atoms with Gasteiger partial charge in [-0.1, -0.05) is 26.7 Å². The Balaban J connectivity index is 2.43. The molecule has 1 rings (SSSR count). The zero-order chi connectivity index (χ0) is 15.8. The molecule has 0 heterocycles. The maximum atomic E-state index is 12.1. The van der Waals surface area contributed by atoms with Crippen LogP contribution in [0.1, 0.15) is 46.0 Å². The summed E-state index contributed by atoms with van der Waals surface area (Å²) in [5.74, 6) is -0.721. The van der Waals surface area contributed by atoms with Gasteiger partial charge in [-0.3, -0.25) is 4.79 Å². The third-order valence-electron chi connectivity index (χ3n) is 3.93. The molecule has 1 aliphatic carbocycles. The number of carbonyl (C=O) groups excluding carboxylic acids is 1. The molecule has 122 valence electrons. The molecule has 1 saturated carbocycles. The molecule has 1 aliphatic rings. The van der Waals surface area contributed by atoms with E-state index in [-0.39, 0.29) is 18.6 Å². The number of hydrogen-bond donors (Lipinski definition) is 2. The minimum Gasteiger partial charge on any atom is -0.479 e. The number of carboxylic acids is 1. The highest BCUT2D eigenvalue weighted by Gasteiger charge is 2.26. The van der Waals surface area contributed by atoms with Gasteiger partial charge in [-0.25, -0.2) is 4.79 Å². The Bertz CT molecular complexity index is 347. The maximum Gasteiger partial charge on any atom is 0.334 e. The SMILES string of the molecule is CCC(OC1CCCC(C)C1)C(=O)NCC(OC)C(=O)O. The Hall–Kier alpha value is -1.14. The first-order valence-electron chi connectivity index (χ1n) is 7.66. The van der Waals surface area contributed by atoms with Gasteiger partial charge in [0, 0.05) is 7.11 Å². The largest absolute Gasteiger partial charge is 0.479 e. The first kappa shape index (κ1) is 17.9. The fourth-order valence-corrected chi connectivity index (χ4v) is 2.66. The van der Waals surface area contributed by atoms with E-state index >= 15 is 0 Å².